The zero-order chi connectivity index (χ0) is 20.5. The second-order valence-corrected chi connectivity index (χ2v) is 7.28. The minimum Gasteiger partial charge on any atom is -0.450 e. The zero-order valence-electron chi connectivity index (χ0n) is 17.6. The Labute approximate surface area is 173 Å². The molecule has 1 N–H and O–H groups in total. The van der Waals surface area contributed by atoms with Crippen LogP contribution in [0.1, 0.15) is 18.1 Å². The van der Waals surface area contributed by atoms with Crippen molar-refractivity contribution in [1.82, 2.24) is 20.0 Å². The Kier molecular flexibility index (Phi) is 8.13. The molecule has 29 heavy (non-hydrogen) atoms. The Morgan fingerprint density at radius 2 is 1.79 bits per heavy atom. The van der Waals surface area contributed by atoms with Crippen LogP contribution < -0.4 is 5.32 Å². The van der Waals surface area contributed by atoms with Crippen molar-refractivity contribution in [3.63, 3.8) is 0 Å². The van der Waals surface area contributed by atoms with E-state index >= 15 is 0 Å². The third kappa shape index (κ3) is 6.33. The van der Waals surface area contributed by atoms with Crippen molar-refractivity contribution in [2.24, 2.45) is 4.99 Å². The van der Waals surface area contributed by atoms with Gasteiger partial charge in [-0.3, -0.25) is 9.89 Å². The van der Waals surface area contributed by atoms with E-state index in [1.807, 2.05) is 6.92 Å². The van der Waals surface area contributed by atoms with E-state index < -0.39 is 0 Å². The highest BCUT2D eigenvalue weighted by molar-refractivity contribution is 5.80. The van der Waals surface area contributed by atoms with Crippen molar-refractivity contribution >= 4 is 12.1 Å². The Balaban J connectivity index is 1.48. The van der Waals surface area contributed by atoms with Crippen molar-refractivity contribution in [3.8, 4) is 0 Å². The van der Waals surface area contributed by atoms with E-state index in [0.29, 0.717) is 19.7 Å². The highest BCUT2D eigenvalue weighted by Gasteiger charge is 2.23. The fourth-order valence-electron chi connectivity index (χ4n) is 3.68. The first kappa shape index (κ1) is 21.4. The Hall–Kier alpha value is -2.32. The monoisotopic (exact) mass is 403 g/mol. The second-order valence-electron chi connectivity index (χ2n) is 7.28. The molecule has 3 rings (SSSR count). The summed E-state index contributed by atoms with van der Waals surface area (Å²) in [7, 11) is 1.80. The van der Waals surface area contributed by atoms with Crippen molar-refractivity contribution in [2.75, 3.05) is 66.1 Å². The number of nitrogens with one attached hydrogen (secondary N) is 1. The molecule has 0 saturated carbocycles. The van der Waals surface area contributed by atoms with Crippen molar-refractivity contribution in [3.05, 3.63) is 35.4 Å². The average molecular weight is 404 g/mol. The van der Waals surface area contributed by atoms with Gasteiger partial charge in [0.25, 0.3) is 0 Å². The molecule has 8 heteroatoms. The summed E-state index contributed by atoms with van der Waals surface area (Å²) >= 11 is 0. The van der Waals surface area contributed by atoms with Gasteiger partial charge in [0.15, 0.2) is 5.96 Å². The van der Waals surface area contributed by atoms with Gasteiger partial charge < -0.3 is 24.6 Å². The molecule has 2 aliphatic heterocycles. The minimum atomic E-state index is -0.229. The lowest BCUT2D eigenvalue weighted by Crippen LogP contribution is -2.53. The molecule has 0 aromatic heterocycles. The van der Waals surface area contributed by atoms with Crippen LogP contribution in [0.15, 0.2) is 29.3 Å². The van der Waals surface area contributed by atoms with Crippen LogP contribution in [0.2, 0.25) is 0 Å². The van der Waals surface area contributed by atoms with Gasteiger partial charge in [-0.2, -0.15) is 0 Å². The highest BCUT2D eigenvalue weighted by Crippen LogP contribution is 2.11. The van der Waals surface area contributed by atoms with Gasteiger partial charge in [0.1, 0.15) is 0 Å². The number of aliphatic imine (C=N–C) groups is 1. The van der Waals surface area contributed by atoms with Crippen LogP contribution in [0.3, 0.4) is 0 Å². The number of rotatable bonds is 5. The molecule has 160 valence electrons. The predicted molar refractivity (Wildman–Crippen MR) is 113 cm³/mol. The Morgan fingerprint density at radius 3 is 2.48 bits per heavy atom. The van der Waals surface area contributed by atoms with Crippen LogP contribution in [0.5, 0.6) is 0 Å². The number of hydrogen-bond donors (Lipinski definition) is 1. The SMILES string of the molecule is CCOC(=O)N1CCN(C(=NC)NCc2cccc(CN3CCOCC3)c2)CC1. The number of benzene rings is 1. The summed E-state index contributed by atoms with van der Waals surface area (Å²) in [5, 5.41) is 3.46. The molecule has 0 atom stereocenters. The van der Waals surface area contributed by atoms with Crippen LogP contribution in [0.4, 0.5) is 4.79 Å². The largest absolute Gasteiger partial charge is 0.450 e. The number of amides is 1. The summed E-state index contributed by atoms with van der Waals surface area (Å²) in [5.41, 5.74) is 2.56. The van der Waals surface area contributed by atoms with E-state index in [1.54, 1.807) is 11.9 Å². The van der Waals surface area contributed by atoms with E-state index in [0.717, 1.165) is 58.4 Å². The van der Waals surface area contributed by atoms with Crippen LogP contribution in [0.25, 0.3) is 0 Å². The lowest BCUT2D eigenvalue weighted by molar-refractivity contribution is 0.0342. The molecule has 0 spiro atoms. The fourth-order valence-corrected chi connectivity index (χ4v) is 3.68. The second kappa shape index (κ2) is 11.0. The predicted octanol–water partition coefficient (Wildman–Crippen LogP) is 1.37. The van der Waals surface area contributed by atoms with Gasteiger partial charge in [0, 0.05) is 59.4 Å². The summed E-state index contributed by atoms with van der Waals surface area (Å²) in [6.45, 7) is 10.3. The van der Waals surface area contributed by atoms with E-state index in [2.05, 4.69) is 44.4 Å². The molecular formula is C21H33N5O3. The maximum absolute atomic E-state index is 11.9. The standard InChI is InChI=1S/C21H33N5O3/c1-3-29-21(27)26-9-7-25(8-10-26)20(22-2)23-16-18-5-4-6-19(15-18)17-24-11-13-28-14-12-24/h4-6,15H,3,7-14,16-17H2,1-2H3,(H,22,23). The number of hydrogen-bond acceptors (Lipinski definition) is 5. The smallest absolute Gasteiger partial charge is 0.409 e. The molecule has 2 aliphatic rings. The van der Waals surface area contributed by atoms with Gasteiger partial charge in [-0.1, -0.05) is 24.3 Å². The molecule has 8 nitrogen and oxygen atoms in total. The number of carbonyl (C=O) groups is 1. The number of morpholine rings is 1. The normalized spacial score (nSPS) is 18.6. The first-order valence-electron chi connectivity index (χ1n) is 10.4. The van der Waals surface area contributed by atoms with Crippen LogP contribution in [-0.2, 0) is 22.6 Å². The third-order valence-electron chi connectivity index (χ3n) is 5.27. The summed E-state index contributed by atoms with van der Waals surface area (Å²) in [4.78, 5) is 22.7. The molecule has 0 radical (unpaired) electrons. The lowest BCUT2D eigenvalue weighted by Gasteiger charge is -2.35. The summed E-state index contributed by atoms with van der Waals surface area (Å²) in [6.07, 6.45) is -0.229. The molecule has 1 aromatic rings. The van der Waals surface area contributed by atoms with Gasteiger partial charge in [-0.25, -0.2) is 4.79 Å². The molecule has 0 unspecified atom stereocenters. The van der Waals surface area contributed by atoms with Crippen molar-refractivity contribution in [1.29, 1.82) is 0 Å². The van der Waals surface area contributed by atoms with E-state index in [1.165, 1.54) is 11.1 Å². The summed E-state index contributed by atoms with van der Waals surface area (Å²) < 4.78 is 10.5. The maximum atomic E-state index is 11.9. The minimum absolute atomic E-state index is 0.229. The number of nitrogens with zero attached hydrogens (tertiary/aromatic N) is 4. The van der Waals surface area contributed by atoms with Gasteiger partial charge in [0.2, 0.25) is 0 Å². The highest BCUT2D eigenvalue weighted by atomic mass is 16.6. The van der Waals surface area contributed by atoms with Gasteiger partial charge in [0.05, 0.1) is 19.8 Å². The summed E-state index contributed by atoms with van der Waals surface area (Å²) in [6, 6.07) is 8.70. The maximum Gasteiger partial charge on any atom is 0.409 e. The van der Waals surface area contributed by atoms with Gasteiger partial charge in [-0.15, -0.1) is 0 Å². The van der Waals surface area contributed by atoms with E-state index in [4.69, 9.17) is 9.47 Å². The van der Waals surface area contributed by atoms with Crippen molar-refractivity contribution < 1.29 is 14.3 Å². The number of piperazine rings is 1. The number of ether oxygens (including phenoxy) is 2. The number of guanidine groups is 1. The van der Waals surface area contributed by atoms with Gasteiger partial charge in [-0.05, 0) is 18.1 Å². The first-order chi connectivity index (χ1) is 14.2. The van der Waals surface area contributed by atoms with Crippen LogP contribution in [0, 0.1) is 0 Å². The topological polar surface area (TPSA) is 69.6 Å². The molecule has 0 bridgehead atoms. The van der Waals surface area contributed by atoms with Crippen LogP contribution in [-0.4, -0.2) is 92.9 Å². The van der Waals surface area contributed by atoms with E-state index in [9.17, 15) is 4.79 Å². The van der Waals surface area contributed by atoms with Gasteiger partial charge >= 0.3 is 6.09 Å². The van der Waals surface area contributed by atoms with Crippen molar-refractivity contribution in [2.45, 2.75) is 20.0 Å². The molecule has 0 aliphatic carbocycles. The quantitative estimate of drug-likeness (QED) is 0.592. The Bertz CT molecular complexity index is 683. The number of carbonyl (C=O) groups excluding carboxylic acids is 1. The molecular weight excluding hydrogens is 370 g/mol. The first-order valence-corrected chi connectivity index (χ1v) is 10.4. The Morgan fingerprint density at radius 1 is 1.10 bits per heavy atom. The molecule has 1 aromatic carbocycles. The molecule has 1 amide bonds. The molecule has 2 fully saturated rings. The fraction of sp³-hybridized carbons (Fsp3) is 0.619. The molecule has 2 saturated heterocycles. The van der Waals surface area contributed by atoms with E-state index in [-0.39, 0.29) is 6.09 Å². The zero-order valence-corrected chi connectivity index (χ0v) is 17.6. The summed E-state index contributed by atoms with van der Waals surface area (Å²) in [5.74, 6) is 0.868. The average Bonchev–Trinajstić information content (AvgIpc) is 2.76. The molecule has 2 heterocycles. The third-order valence-corrected chi connectivity index (χ3v) is 5.27. The lowest BCUT2D eigenvalue weighted by atomic mass is 10.1. The van der Waals surface area contributed by atoms with Crippen LogP contribution >= 0.6 is 0 Å².